The van der Waals surface area contributed by atoms with Gasteiger partial charge in [0.2, 0.25) is 5.95 Å². The van der Waals surface area contributed by atoms with Crippen molar-refractivity contribution in [2.75, 3.05) is 35.3 Å². The fourth-order valence-corrected chi connectivity index (χ4v) is 4.31. The van der Waals surface area contributed by atoms with E-state index in [1.165, 1.54) is 13.2 Å². The molecule has 5 rings (SSSR count). The van der Waals surface area contributed by atoms with Gasteiger partial charge in [0.1, 0.15) is 23.7 Å². The van der Waals surface area contributed by atoms with Gasteiger partial charge in [-0.2, -0.15) is 13.8 Å². The van der Waals surface area contributed by atoms with Gasteiger partial charge in [0.05, 0.1) is 12.7 Å². The number of carbonyl (C=O) groups is 1. The number of anilines is 4. The quantitative estimate of drug-likeness (QED) is 0.803. The summed E-state index contributed by atoms with van der Waals surface area (Å²) in [4.78, 5) is 28.0. The summed E-state index contributed by atoms with van der Waals surface area (Å²) in [5.41, 5.74) is 1.66. The van der Waals surface area contributed by atoms with Crippen molar-refractivity contribution in [2.24, 2.45) is 4.99 Å². The Hall–Kier alpha value is -3.30. The molecule has 0 saturated heterocycles. The highest BCUT2D eigenvalue weighted by Gasteiger charge is 2.48. The van der Waals surface area contributed by atoms with Crippen LogP contribution in [0.25, 0.3) is 0 Å². The van der Waals surface area contributed by atoms with Crippen molar-refractivity contribution in [3.63, 3.8) is 0 Å². The Morgan fingerprint density at radius 1 is 1.26 bits per heavy atom. The third kappa shape index (κ3) is 3.55. The number of nitrogens with zero attached hydrogens (tertiary/aromatic N) is 5. The third-order valence-electron chi connectivity index (χ3n) is 5.89. The molecule has 2 aliphatic heterocycles. The molecule has 2 aromatic rings. The average Bonchev–Trinajstić information content (AvgIpc) is 3.29. The summed E-state index contributed by atoms with van der Waals surface area (Å²) in [5.74, 6) is -3.45. The molecule has 10 heteroatoms. The molecule has 1 aromatic heterocycles. The minimum atomic E-state index is -3.50. The zero-order valence-electron chi connectivity index (χ0n) is 17.0. The van der Waals surface area contributed by atoms with Crippen molar-refractivity contribution in [3.05, 3.63) is 24.4 Å². The van der Waals surface area contributed by atoms with Crippen LogP contribution in [-0.4, -0.2) is 54.3 Å². The number of carbonyl (C=O) groups excluding carboxylic acids is 1. The van der Waals surface area contributed by atoms with E-state index in [9.17, 15) is 13.6 Å². The van der Waals surface area contributed by atoms with Crippen molar-refractivity contribution >= 4 is 41.0 Å². The van der Waals surface area contributed by atoms with Crippen molar-refractivity contribution in [1.29, 1.82) is 0 Å². The number of alkyl halides is 2. The number of nitrogens with one attached hydrogen (secondary N) is 1. The molecule has 1 amide bonds. The van der Waals surface area contributed by atoms with E-state index in [0.29, 0.717) is 29.5 Å². The molecular weight excluding hydrogens is 406 g/mol. The fraction of sp³-hybridized carbons (Fsp3) is 0.429. The van der Waals surface area contributed by atoms with Gasteiger partial charge in [-0.15, -0.1) is 0 Å². The number of rotatable bonds is 3. The lowest BCUT2D eigenvalue weighted by atomic mass is 10.2. The second-order valence-corrected chi connectivity index (χ2v) is 7.97. The van der Waals surface area contributed by atoms with Crippen LogP contribution >= 0.6 is 0 Å². The maximum Gasteiger partial charge on any atom is 0.342 e. The number of hydrogen-bond donors (Lipinski definition) is 1. The van der Waals surface area contributed by atoms with Gasteiger partial charge in [0.25, 0.3) is 5.91 Å². The minimum Gasteiger partial charge on any atom is -0.486 e. The molecular formula is C21H22F2N6O2. The molecule has 1 saturated carbocycles. The van der Waals surface area contributed by atoms with Crippen molar-refractivity contribution in [3.8, 4) is 5.75 Å². The highest BCUT2D eigenvalue weighted by molar-refractivity contribution is 6.02. The van der Waals surface area contributed by atoms with Crippen molar-refractivity contribution in [1.82, 2.24) is 9.97 Å². The van der Waals surface area contributed by atoms with Gasteiger partial charge in [-0.05, 0) is 31.0 Å². The van der Waals surface area contributed by atoms with E-state index in [2.05, 4.69) is 20.3 Å². The summed E-state index contributed by atoms with van der Waals surface area (Å²) in [6.45, 7) is -0.253. The van der Waals surface area contributed by atoms with Crippen LogP contribution in [0, 0.1) is 0 Å². The molecule has 0 radical (unpaired) electrons. The van der Waals surface area contributed by atoms with E-state index >= 15 is 0 Å². The molecule has 3 aliphatic rings. The number of amides is 1. The Labute approximate surface area is 177 Å². The molecule has 0 unspecified atom stereocenters. The summed E-state index contributed by atoms with van der Waals surface area (Å²) in [7, 11) is 1.34. The summed E-state index contributed by atoms with van der Waals surface area (Å²) in [6, 6.07) is 5.34. The number of ether oxygens (including phenoxy) is 1. The van der Waals surface area contributed by atoms with Crippen molar-refractivity contribution in [2.45, 2.75) is 37.6 Å². The van der Waals surface area contributed by atoms with Crippen LogP contribution in [0.5, 0.6) is 5.75 Å². The average molecular weight is 428 g/mol. The first-order valence-corrected chi connectivity index (χ1v) is 10.3. The lowest BCUT2D eigenvalue weighted by Crippen LogP contribution is -2.48. The molecule has 0 atom stereocenters. The largest absolute Gasteiger partial charge is 0.486 e. The zero-order valence-corrected chi connectivity index (χ0v) is 17.0. The maximum absolute atomic E-state index is 14.7. The Morgan fingerprint density at radius 2 is 2.06 bits per heavy atom. The smallest absolute Gasteiger partial charge is 0.342 e. The Bertz CT molecular complexity index is 1050. The first-order chi connectivity index (χ1) is 14.9. The predicted octanol–water partition coefficient (Wildman–Crippen LogP) is 3.68. The van der Waals surface area contributed by atoms with Crippen LogP contribution in [0.2, 0.25) is 0 Å². The lowest BCUT2D eigenvalue weighted by molar-refractivity contribution is -0.140. The highest BCUT2D eigenvalue weighted by Crippen LogP contribution is 2.40. The van der Waals surface area contributed by atoms with E-state index in [-0.39, 0.29) is 17.7 Å². The monoisotopic (exact) mass is 428 g/mol. The molecule has 1 aliphatic carbocycles. The number of aromatic nitrogens is 2. The lowest BCUT2D eigenvalue weighted by Gasteiger charge is -2.31. The molecule has 1 aromatic carbocycles. The Morgan fingerprint density at radius 3 is 2.87 bits per heavy atom. The molecule has 3 heterocycles. The van der Waals surface area contributed by atoms with Crippen LogP contribution in [0.4, 0.5) is 37.6 Å². The van der Waals surface area contributed by atoms with Crippen LogP contribution in [0.1, 0.15) is 25.7 Å². The third-order valence-corrected chi connectivity index (χ3v) is 5.89. The number of aliphatic imine (C=N–C) groups is 1. The van der Waals surface area contributed by atoms with Gasteiger partial charge in [0, 0.05) is 25.0 Å². The first-order valence-electron chi connectivity index (χ1n) is 10.3. The van der Waals surface area contributed by atoms with E-state index in [1.807, 2.05) is 6.07 Å². The summed E-state index contributed by atoms with van der Waals surface area (Å²) < 4.78 is 34.8. The highest BCUT2D eigenvalue weighted by atomic mass is 19.3. The van der Waals surface area contributed by atoms with Gasteiger partial charge in [-0.1, -0.05) is 12.8 Å². The molecule has 8 nitrogen and oxygen atoms in total. The topological polar surface area (TPSA) is 83.0 Å². The normalized spacial score (nSPS) is 20.2. The fourth-order valence-electron chi connectivity index (χ4n) is 4.31. The number of hydrogen-bond acceptors (Lipinski definition) is 7. The first kappa shape index (κ1) is 19.7. The number of fused-ring (bicyclic) bond motifs is 2. The molecule has 0 bridgehead atoms. The van der Waals surface area contributed by atoms with Gasteiger partial charge < -0.3 is 19.9 Å². The molecule has 0 spiro atoms. The van der Waals surface area contributed by atoms with E-state index in [4.69, 9.17) is 4.74 Å². The van der Waals surface area contributed by atoms with Gasteiger partial charge in [0.15, 0.2) is 5.82 Å². The second kappa shape index (κ2) is 7.44. The SMILES string of the molecule is CN1C(=O)C(F)(F)CN(C2CCCC2)c2nc(Nc3ccc4c(c3)N=CCO4)ncc21. The number of halogens is 2. The van der Waals surface area contributed by atoms with Crippen molar-refractivity contribution < 1.29 is 18.3 Å². The predicted molar refractivity (Wildman–Crippen MR) is 113 cm³/mol. The van der Waals surface area contributed by atoms with Crippen LogP contribution in [0.15, 0.2) is 29.4 Å². The van der Waals surface area contributed by atoms with Gasteiger partial charge in [-0.3, -0.25) is 9.79 Å². The van der Waals surface area contributed by atoms with E-state index in [0.717, 1.165) is 30.6 Å². The summed E-state index contributed by atoms with van der Waals surface area (Å²) >= 11 is 0. The standard InChI is InChI=1S/C21H22F2N6O2/c1-28-16-11-25-20(26-13-6-7-17-15(10-13)24-8-9-31-17)27-18(16)29(14-4-2-3-5-14)12-21(22,23)19(28)30/h6-8,10-11,14H,2-5,9,12H2,1H3,(H,25,26,27). The molecule has 162 valence electrons. The minimum absolute atomic E-state index is 0.0816. The van der Waals surface area contributed by atoms with E-state index < -0.39 is 18.4 Å². The van der Waals surface area contributed by atoms with Gasteiger partial charge >= 0.3 is 5.92 Å². The Kier molecular flexibility index (Phi) is 4.71. The van der Waals surface area contributed by atoms with Crippen LogP contribution < -0.4 is 19.9 Å². The zero-order chi connectivity index (χ0) is 21.6. The van der Waals surface area contributed by atoms with Crippen LogP contribution in [0.3, 0.4) is 0 Å². The van der Waals surface area contributed by atoms with Crippen LogP contribution in [-0.2, 0) is 4.79 Å². The Balaban J connectivity index is 1.51. The molecule has 31 heavy (non-hydrogen) atoms. The second-order valence-electron chi connectivity index (χ2n) is 7.97. The number of benzene rings is 1. The molecule has 1 fully saturated rings. The van der Waals surface area contributed by atoms with Gasteiger partial charge in [-0.25, -0.2) is 4.98 Å². The van der Waals surface area contributed by atoms with E-state index in [1.54, 1.807) is 23.2 Å². The summed E-state index contributed by atoms with van der Waals surface area (Å²) in [6.07, 6.45) is 6.63. The summed E-state index contributed by atoms with van der Waals surface area (Å²) in [5, 5.41) is 3.11. The maximum atomic E-state index is 14.7. The molecule has 1 N–H and O–H groups in total.